The van der Waals surface area contributed by atoms with Crippen LogP contribution in [0.15, 0.2) is 41.5 Å². The number of nitrogens with zero attached hydrogens (tertiary/aromatic N) is 3. The predicted octanol–water partition coefficient (Wildman–Crippen LogP) is 2.48. The van der Waals surface area contributed by atoms with Crippen LogP contribution < -0.4 is 20.1 Å². The van der Waals surface area contributed by atoms with Gasteiger partial charge in [0.2, 0.25) is 0 Å². The second-order valence-corrected chi connectivity index (χ2v) is 7.00. The zero-order valence-electron chi connectivity index (χ0n) is 18.0. The van der Waals surface area contributed by atoms with Crippen LogP contribution in [0.25, 0.3) is 0 Å². The van der Waals surface area contributed by atoms with E-state index in [2.05, 4.69) is 37.6 Å². The summed E-state index contributed by atoms with van der Waals surface area (Å²) in [6.07, 6.45) is 3.72. The lowest BCUT2D eigenvalue weighted by molar-refractivity contribution is 0.256. The number of hydrogen-bond donors (Lipinski definition) is 2. The minimum absolute atomic E-state index is 0. The summed E-state index contributed by atoms with van der Waals surface area (Å²) in [6.45, 7) is 4.55. The molecule has 7 nitrogen and oxygen atoms in total. The zero-order chi connectivity index (χ0) is 20.5. The standard InChI is InChI=1S/C22H31N5O2.HI/c1-23-22(25-10-7-19-6-4-5-9-24-19)26-11-13-27-12-8-17-14-20(28-2)21(29-3)15-18(17)16-27;/h4-6,9,14-15H,7-8,10-13,16H2,1-3H3,(H2,23,25,26);1H. The van der Waals surface area contributed by atoms with Gasteiger partial charge in [-0.25, -0.2) is 0 Å². The van der Waals surface area contributed by atoms with Crippen molar-refractivity contribution in [3.8, 4) is 11.5 Å². The molecule has 0 bridgehead atoms. The van der Waals surface area contributed by atoms with E-state index in [0.717, 1.165) is 68.7 Å². The number of aromatic nitrogens is 1. The number of nitrogens with one attached hydrogen (secondary N) is 2. The van der Waals surface area contributed by atoms with Gasteiger partial charge in [0.15, 0.2) is 17.5 Å². The maximum Gasteiger partial charge on any atom is 0.191 e. The highest BCUT2D eigenvalue weighted by atomic mass is 127. The van der Waals surface area contributed by atoms with Crippen molar-refractivity contribution in [3.05, 3.63) is 53.3 Å². The van der Waals surface area contributed by atoms with E-state index in [4.69, 9.17) is 9.47 Å². The summed E-state index contributed by atoms with van der Waals surface area (Å²) >= 11 is 0. The summed E-state index contributed by atoms with van der Waals surface area (Å²) in [5.41, 5.74) is 3.74. The van der Waals surface area contributed by atoms with Crippen molar-refractivity contribution in [2.45, 2.75) is 19.4 Å². The van der Waals surface area contributed by atoms with Crippen LogP contribution >= 0.6 is 24.0 Å². The summed E-state index contributed by atoms with van der Waals surface area (Å²) in [5, 5.41) is 6.75. The van der Waals surface area contributed by atoms with Crippen LogP contribution in [-0.2, 0) is 19.4 Å². The number of halogens is 1. The third-order valence-electron chi connectivity index (χ3n) is 5.14. The molecule has 1 aromatic heterocycles. The molecule has 2 N–H and O–H groups in total. The molecule has 1 aliphatic rings. The molecule has 1 aromatic carbocycles. The first kappa shape index (κ1) is 24.2. The van der Waals surface area contributed by atoms with Gasteiger partial charge in [0.05, 0.1) is 14.2 Å². The van der Waals surface area contributed by atoms with Gasteiger partial charge in [-0.2, -0.15) is 0 Å². The van der Waals surface area contributed by atoms with Crippen LogP contribution in [0.1, 0.15) is 16.8 Å². The fourth-order valence-corrected chi connectivity index (χ4v) is 3.54. The van der Waals surface area contributed by atoms with E-state index in [1.807, 2.05) is 24.4 Å². The average Bonchev–Trinajstić information content (AvgIpc) is 2.77. The molecule has 0 aliphatic carbocycles. The third-order valence-corrected chi connectivity index (χ3v) is 5.14. The van der Waals surface area contributed by atoms with Gasteiger partial charge in [-0.15, -0.1) is 24.0 Å². The lowest BCUT2D eigenvalue weighted by Crippen LogP contribution is -2.43. The predicted molar refractivity (Wildman–Crippen MR) is 131 cm³/mol. The second-order valence-electron chi connectivity index (χ2n) is 7.00. The van der Waals surface area contributed by atoms with Gasteiger partial charge < -0.3 is 20.1 Å². The largest absolute Gasteiger partial charge is 0.493 e. The van der Waals surface area contributed by atoms with Crippen LogP contribution in [0, 0.1) is 0 Å². The van der Waals surface area contributed by atoms with Crippen molar-refractivity contribution in [2.75, 3.05) is 47.4 Å². The third kappa shape index (κ3) is 6.73. The highest BCUT2D eigenvalue weighted by Gasteiger charge is 2.19. The fourth-order valence-electron chi connectivity index (χ4n) is 3.54. The second kappa shape index (κ2) is 12.6. The van der Waals surface area contributed by atoms with E-state index in [1.54, 1.807) is 21.3 Å². The molecule has 0 saturated heterocycles. The van der Waals surface area contributed by atoms with Crippen molar-refractivity contribution in [3.63, 3.8) is 0 Å². The number of hydrogen-bond acceptors (Lipinski definition) is 5. The summed E-state index contributed by atoms with van der Waals surface area (Å²) in [4.78, 5) is 11.1. The van der Waals surface area contributed by atoms with Crippen molar-refractivity contribution in [1.82, 2.24) is 20.5 Å². The molecule has 0 fully saturated rings. The Morgan fingerprint density at radius 1 is 1.10 bits per heavy atom. The van der Waals surface area contributed by atoms with Crippen molar-refractivity contribution in [2.24, 2.45) is 4.99 Å². The van der Waals surface area contributed by atoms with Gasteiger partial charge in [-0.05, 0) is 41.8 Å². The molecule has 8 heteroatoms. The summed E-state index contributed by atoms with van der Waals surface area (Å²) in [5.74, 6) is 2.43. The number of rotatable bonds is 8. The van der Waals surface area contributed by atoms with E-state index in [0.29, 0.717) is 0 Å². The summed E-state index contributed by atoms with van der Waals surface area (Å²) < 4.78 is 10.9. The minimum atomic E-state index is 0. The molecule has 0 spiro atoms. The number of pyridine rings is 1. The lowest BCUT2D eigenvalue weighted by atomic mass is 9.99. The first-order valence-corrected chi connectivity index (χ1v) is 10.0. The van der Waals surface area contributed by atoms with Gasteiger partial charge in [-0.1, -0.05) is 6.07 Å². The summed E-state index contributed by atoms with van der Waals surface area (Å²) in [7, 11) is 5.16. The molecular formula is C22H32IN5O2. The van der Waals surface area contributed by atoms with Gasteiger partial charge in [-0.3, -0.25) is 14.9 Å². The molecule has 1 aliphatic heterocycles. The van der Waals surface area contributed by atoms with Gasteiger partial charge in [0.25, 0.3) is 0 Å². The van der Waals surface area contributed by atoms with Crippen LogP contribution in [0.4, 0.5) is 0 Å². The van der Waals surface area contributed by atoms with E-state index >= 15 is 0 Å². The van der Waals surface area contributed by atoms with E-state index < -0.39 is 0 Å². The van der Waals surface area contributed by atoms with Crippen LogP contribution in [0.2, 0.25) is 0 Å². The Morgan fingerprint density at radius 2 is 1.83 bits per heavy atom. The van der Waals surface area contributed by atoms with Crippen LogP contribution in [-0.4, -0.2) is 63.3 Å². The smallest absolute Gasteiger partial charge is 0.191 e. The monoisotopic (exact) mass is 525 g/mol. The normalized spacial score (nSPS) is 13.8. The molecular weight excluding hydrogens is 493 g/mol. The maximum atomic E-state index is 5.45. The number of benzene rings is 1. The first-order chi connectivity index (χ1) is 14.2. The Kier molecular flexibility index (Phi) is 10.2. The Bertz CT molecular complexity index is 817. The van der Waals surface area contributed by atoms with Gasteiger partial charge >= 0.3 is 0 Å². The van der Waals surface area contributed by atoms with Crippen molar-refractivity contribution in [1.29, 1.82) is 0 Å². The van der Waals surface area contributed by atoms with E-state index in [1.165, 1.54) is 11.1 Å². The molecule has 0 unspecified atom stereocenters. The van der Waals surface area contributed by atoms with Gasteiger partial charge in [0, 0.05) is 58.1 Å². The van der Waals surface area contributed by atoms with Crippen LogP contribution in [0.3, 0.4) is 0 Å². The Balaban J connectivity index is 0.00000320. The van der Waals surface area contributed by atoms with E-state index in [9.17, 15) is 0 Å². The minimum Gasteiger partial charge on any atom is -0.493 e. The average molecular weight is 525 g/mol. The highest BCUT2D eigenvalue weighted by molar-refractivity contribution is 14.0. The highest BCUT2D eigenvalue weighted by Crippen LogP contribution is 2.33. The van der Waals surface area contributed by atoms with E-state index in [-0.39, 0.29) is 24.0 Å². The molecule has 164 valence electrons. The zero-order valence-corrected chi connectivity index (χ0v) is 20.3. The Labute approximate surface area is 196 Å². The number of ether oxygens (including phenoxy) is 2. The van der Waals surface area contributed by atoms with Crippen molar-refractivity contribution >= 4 is 29.9 Å². The fraction of sp³-hybridized carbons (Fsp3) is 0.455. The molecule has 2 aromatic rings. The number of aliphatic imine (C=N–C) groups is 1. The molecule has 30 heavy (non-hydrogen) atoms. The van der Waals surface area contributed by atoms with Crippen molar-refractivity contribution < 1.29 is 9.47 Å². The topological polar surface area (TPSA) is 71.0 Å². The van der Waals surface area contributed by atoms with Gasteiger partial charge in [0.1, 0.15) is 0 Å². The molecule has 0 amide bonds. The number of methoxy groups -OCH3 is 2. The first-order valence-electron chi connectivity index (χ1n) is 10.0. The lowest BCUT2D eigenvalue weighted by Gasteiger charge is -2.29. The molecule has 2 heterocycles. The quantitative estimate of drug-likeness (QED) is 0.314. The number of fused-ring (bicyclic) bond motifs is 1. The Morgan fingerprint density at radius 3 is 2.50 bits per heavy atom. The molecule has 0 radical (unpaired) electrons. The molecule has 0 atom stereocenters. The SMILES string of the molecule is CN=C(NCCc1ccccn1)NCCN1CCc2cc(OC)c(OC)cc2C1.I. The summed E-state index contributed by atoms with van der Waals surface area (Å²) in [6, 6.07) is 10.2. The molecule has 3 rings (SSSR count). The van der Waals surface area contributed by atoms with Crippen LogP contribution in [0.5, 0.6) is 11.5 Å². The molecule has 0 saturated carbocycles. The number of guanidine groups is 1. The Hall–Kier alpha value is -2.07. The maximum absolute atomic E-state index is 5.45.